The van der Waals surface area contributed by atoms with E-state index < -0.39 is 12.0 Å². The van der Waals surface area contributed by atoms with Crippen LogP contribution in [0.1, 0.15) is 11.1 Å². The van der Waals surface area contributed by atoms with Crippen LogP contribution in [0, 0.1) is 6.92 Å². The van der Waals surface area contributed by atoms with Gasteiger partial charge in [0.05, 0.1) is 7.11 Å². The van der Waals surface area contributed by atoms with Crippen molar-refractivity contribution in [2.75, 3.05) is 20.2 Å². The molecule has 1 aromatic rings. The predicted molar refractivity (Wildman–Crippen MR) is 69.9 cm³/mol. The van der Waals surface area contributed by atoms with Gasteiger partial charge in [-0.2, -0.15) is 0 Å². The highest BCUT2D eigenvalue weighted by atomic mass is 16.5. The molecule has 0 bridgehead atoms. The number of aliphatic carboxylic acids is 1. The lowest BCUT2D eigenvalue weighted by Crippen LogP contribution is -2.40. The van der Waals surface area contributed by atoms with Crippen LogP contribution in [0.3, 0.4) is 0 Å². The largest absolute Gasteiger partial charge is 0.496 e. The lowest BCUT2D eigenvalue weighted by Gasteiger charge is -2.11. The number of rotatable bonds is 7. The zero-order valence-corrected chi connectivity index (χ0v) is 10.8. The van der Waals surface area contributed by atoms with Gasteiger partial charge in [-0.15, -0.1) is 0 Å². The minimum atomic E-state index is -0.990. The molecule has 0 fully saturated rings. The third-order valence-corrected chi connectivity index (χ3v) is 2.69. The first kappa shape index (κ1) is 14.5. The average molecular weight is 252 g/mol. The Balaban J connectivity index is 2.43. The summed E-state index contributed by atoms with van der Waals surface area (Å²) in [4.78, 5) is 10.5. The fourth-order valence-corrected chi connectivity index (χ4v) is 1.67. The predicted octanol–water partition coefficient (Wildman–Crippen LogP) is 0.548. The molecule has 0 aliphatic carbocycles. The maximum absolute atomic E-state index is 10.5. The Bertz CT molecular complexity index is 407. The maximum atomic E-state index is 10.5. The summed E-state index contributed by atoms with van der Waals surface area (Å²) in [6.45, 7) is 2.96. The van der Waals surface area contributed by atoms with Crippen LogP contribution in [-0.2, 0) is 11.2 Å². The summed E-state index contributed by atoms with van der Waals surface area (Å²) >= 11 is 0. The fraction of sp³-hybridized carbons (Fsp3) is 0.462. The second kappa shape index (κ2) is 6.98. The van der Waals surface area contributed by atoms with Crippen molar-refractivity contribution >= 4 is 5.97 Å². The smallest absolute Gasteiger partial charge is 0.321 e. The first-order valence-electron chi connectivity index (χ1n) is 5.87. The molecule has 0 aliphatic rings. The van der Waals surface area contributed by atoms with Gasteiger partial charge in [0.1, 0.15) is 11.8 Å². The third-order valence-electron chi connectivity index (χ3n) is 2.69. The number of aryl methyl sites for hydroxylation is 1. The Hall–Kier alpha value is -1.59. The van der Waals surface area contributed by atoms with Crippen molar-refractivity contribution in [2.45, 2.75) is 19.4 Å². The van der Waals surface area contributed by atoms with Gasteiger partial charge in [0.25, 0.3) is 0 Å². The summed E-state index contributed by atoms with van der Waals surface area (Å²) in [6.07, 6.45) is 0.775. The highest BCUT2D eigenvalue weighted by Crippen LogP contribution is 2.19. The number of ether oxygens (including phenoxy) is 1. The van der Waals surface area contributed by atoms with E-state index in [4.69, 9.17) is 15.6 Å². The molecule has 0 spiro atoms. The molecule has 1 rings (SSSR count). The van der Waals surface area contributed by atoms with E-state index >= 15 is 0 Å². The quantitative estimate of drug-likeness (QED) is 0.617. The van der Waals surface area contributed by atoms with Crippen molar-refractivity contribution in [3.8, 4) is 5.75 Å². The molecule has 0 saturated carbocycles. The normalized spacial score (nSPS) is 12.2. The molecular formula is C13H20N2O3. The first-order chi connectivity index (χ1) is 8.54. The number of nitrogens with two attached hydrogens (primary N) is 1. The summed E-state index contributed by atoms with van der Waals surface area (Å²) in [5.41, 5.74) is 7.67. The molecule has 1 atom stereocenters. The zero-order chi connectivity index (χ0) is 13.5. The molecule has 5 heteroatoms. The Morgan fingerprint density at radius 3 is 2.89 bits per heavy atom. The van der Waals surface area contributed by atoms with Crippen LogP contribution in [0.2, 0.25) is 0 Å². The number of nitrogens with one attached hydrogen (secondary N) is 1. The van der Waals surface area contributed by atoms with Gasteiger partial charge >= 0.3 is 5.97 Å². The van der Waals surface area contributed by atoms with Crippen molar-refractivity contribution in [2.24, 2.45) is 5.73 Å². The first-order valence-corrected chi connectivity index (χ1v) is 5.87. The second-order valence-electron chi connectivity index (χ2n) is 4.21. The summed E-state index contributed by atoms with van der Waals surface area (Å²) < 4.78 is 5.27. The van der Waals surface area contributed by atoms with E-state index in [-0.39, 0.29) is 6.54 Å². The Labute approximate surface area is 107 Å². The standard InChI is InChI=1S/C13H20N2O3/c1-9-3-4-12(18-2)10(7-9)5-6-15-8-11(14)13(16)17/h3-4,7,11,15H,5-6,8,14H2,1-2H3,(H,16,17). The number of methoxy groups -OCH3 is 1. The topological polar surface area (TPSA) is 84.6 Å². The van der Waals surface area contributed by atoms with Crippen LogP contribution >= 0.6 is 0 Å². The van der Waals surface area contributed by atoms with E-state index in [2.05, 4.69) is 11.4 Å². The van der Waals surface area contributed by atoms with Gasteiger partial charge in [0, 0.05) is 6.54 Å². The van der Waals surface area contributed by atoms with Crippen molar-refractivity contribution in [3.63, 3.8) is 0 Å². The monoisotopic (exact) mass is 252 g/mol. The third kappa shape index (κ3) is 4.35. The van der Waals surface area contributed by atoms with E-state index in [9.17, 15) is 4.79 Å². The molecule has 0 saturated heterocycles. The van der Waals surface area contributed by atoms with E-state index in [0.717, 1.165) is 17.7 Å². The number of carboxylic acid groups (broad SMARTS) is 1. The molecule has 100 valence electrons. The average Bonchev–Trinajstić information content (AvgIpc) is 2.34. The van der Waals surface area contributed by atoms with Gasteiger partial charge < -0.3 is 20.9 Å². The van der Waals surface area contributed by atoms with Crippen LogP contribution in [0.4, 0.5) is 0 Å². The number of benzene rings is 1. The van der Waals surface area contributed by atoms with Gasteiger partial charge in [-0.3, -0.25) is 4.79 Å². The van der Waals surface area contributed by atoms with Crippen molar-refractivity contribution in [1.82, 2.24) is 5.32 Å². The zero-order valence-electron chi connectivity index (χ0n) is 10.8. The summed E-state index contributed by atoms with van der Waals surface area (Å²) in [5.74, 6) is -0.138. The summed E-state index contributed by atoms with van der Waals surface area (Å²) in [5, 5.41) is 11.7. The van der Waals surface area contributed by atoms with Crippen molar-refractivity contribution in [1.29, 1.82) is 0 Å². The molecule has 1 unspecified atom stereocenters. The van der Waals surface area contributed by atoms with Crippen LogP contribution in [0.5, 0.6) is 5.75 Å². The van der Waals surface area contributed by atoms with Crippen molar-refractivity contribution in [3.05, 3.63) is 29.3 Å². The molecule has 18 heavy (non-hydrogen) atoms. The Morgan fingerprint density at radius 2 is 2.28 bits per heavy atom. The van der Waals surface area contributed by atoms with Gasteiger partial charge in [0.15, 0.2) is 0 Å². The number of hydrogen-bond acceptors (Lipinski definition) is 4. The lowest BCUT2D eigenvalue weighted by atomic mass is 10.1. The maximum Gasteiger partial charge on any atom is 0.321 e. The molecule has 5 nitrogen and oxygen atoms in total. The fourth-order valence-electron chi connectivity index (χ4n) is 1.67. The van der Waals surface area contributed by atoms with Gasteiger partial charge in [0.2, 0.25) is 0 Å². The second-order valence-corrected chi connectivity index (χ2v) is 4.21. The molecule has 0 amide bonds. The lowest BCUT2D eigenvalue weighted by molar-refractivity contribution is -0.138. The molecule has 0 radical (unpaired) electrons. The van der Waals surface area contributed by atoms with Crippen LogP contribution in [0.25, 0.3) is 0 Å². The minimum Gasteiger partial charge on any atom is -0.496 e. The van der Waals surface area contributed by atoms with Gasteiger partial charge in [-0.1, -0.05) is 17.7 Å². The Kier molecular flexibility index (Phi) is 5.61. The van der Waals surface area contributed by atoms with E-state index in [1.165, 1.54) is 5.56 Å². The molecule has 0 heterocycles. The van der Waals surface area contributed by atoms with Crippen LogP contribution in [-0.4, -0.2) is 37.3 Å². The van der Waals surface area contributed by atoms with Crippen LogP contribution < -0.4 is 15.8 Å². The van der Waals surface area contributed by atoms with E-state index in [0.29, 0.717) is 6.54 Å². The molecule has 1 aromatic carbocycles. The Morgan fingerprint density at radius 1 is 1.56 bits per heavy atom. The SMILES string of the molecule is COc1ccc(C)cc1CCNCC(N)C(=O)O. The summed E-state index contributed by atoms with van der Waals surface area (Å²) in [7, 11) is 1.64. The molecule has 0 aromatic heterocycles. The van der Waals surface area contributed by atoms with Crippen molar-refractivity contribution < 1.29 is 14.6 Å². The number of carbonyl (C=O) groups is 1. The van der Waals surface area contributed by atoms with E-state index in [1.807, 2.05) is 19.1 Å². The molecule has 4 N–H and O–H groups in total. The van der Waals surface area contributed by atoms with E-state index in [1.54, 1.807) is 7.11 Å². The van der Waals surface area contributed by atoms with Crippen LogP contribution in [0.15, 0.2) is 18.2 Å². The highest BCUT2D eigenvalue weighted by Gasteiger charge is 2.10. The molecular weight excluding hydrogens is 232 g/mol. The van der Waals surface area contributed by atoms with Gasteiger partial charge in [-0.05, 0) is 31.5 Å². The number of carboxylic acids is 1. The van der Waals surface area contributed by atoms with Gasteiger partial charge in [-0.25, -0.2) is 0 Å². The minimum absolute atomic E-state index is 0.267. The highest BCUT2D eigenvalue weighted by molar-refractivity contribution is 5.73. The molecule has 0 aliphatic heterocycles. The summed E-state index contributed by atoms with van der Waals surface area (Å²) in [6, 6.07) is 5.14. The number of hydrogen-bond donors (Lipinski definition) is 3.